The molecule has 0 saturated carbocycles. The molecule has 1 aromatic rings. The van der Waals surface area contributed by atoms with Gasteiger partial charge in [-0.1, -0.05) is 18.2 Å². The number of piperazine rings is 1. The number of nitrogens with zero attached hydrogens (tertiary/aromatic N) is 3. The summed E-state index contributed by atoms with van der Waals surface area (Å²) in [5.74, 6) is 0.220. The van der Waals surface area contributed by atoms with E-state index in [0.717, 1.165) is 45.7 Å². The Balaban J connectivity index is 1.65. The van der Waals surface area contributed by atoms with Crippen molar-refractivity contribution < 1.29 is 4.79 Å². The molecule has 1 N–H and O–H groups in total. The van der Waals surface area contributed by atoms with Crippen LogP contribution in [0.25, 0.3) is 0 Å². The molecule has 22 heavy (non-hydrogen) atoms. The molecule has 5 nitrogen and oxygen atoms in total. The van der Waals surface area contributed by atoms with Crippen molar-refractivity contribution in [1.82, 2.24) is 15.1 Å². The summed E-state index contributed by atoms with van der Waals surface area (Å²) in [6.07, 6.45) is 1.07. The van der Waals surface area contributed by atoms with E-state index in [-0.39, 0.29) is 5.91 Å². The van der Waals surface area contributed by atoms with Crippen molar-refractivity contribution in [2.75, 3.05) is 64.8 Å². The third kappa shape index (κ3) is 5.31. The molecule has 0 spiro atoms. The van der Waals surface area contributed by atoms with Crippen LogP contribution in [0.5, 0.6) is 0 Å². The standard InChI is InChI=1S/C17H28N4O/c1-19(2)10-6-9-18-15-17(22)21-13-11-20(12-14-21)16-7-4-3-5-8-16/h3-5,7-8,18H,6,9-15H2,1-2H3. The summed E-state index contributed by atoms with van der Waals surface area (Å²) < 4.78 is 0. The Morgan fingerprint density at radius 3 is 2.45 bits per heavy atom. The van der Waals surface area contributed by atoms with Crippen molar-refractivity contribution in [3.63, 3.8) is 0 Å². The van der Waals surface area contributed by atoms with Gasteiger partial charge in [-0.3, -0.25) is 4.79 Å². The number of hydrogen-bond acceptors (Lipinski definition) is 4. The third-order valence-corrected chi connectivity index (χ3v) is 3.99. The molecule has 1 aliphatic heterocycles. The Morgan fingerprint density at radius 2 is 1.82 bits per heavy atom. The number of carbonyl (C=O) groups excluding carboxylic acids is 1. The highest BCUT2D eigenvalue weighted by molar-refractivity contribution is 5.78. The zero-order valence-corrected chi connectivity index (χ0v) is 13.8. The number of benzene rings is 1. The molecule has 1 fully saturated rings. The summed E-state index contributed by atoms with van der Waals surface area (Å²) in [6.45, 7) is 5.86. The van der Waals surface area contributed by atoms with Crippen LogP contribution in [0.2, 0.25) is 0 Å². The monoisotopic (exact) mass is 304 g/mol. The Morgan fingerprint density at radius 1 is 1.14 bits per heavy atom. The highest BCUT2D eigenvalue weighted by Crippen LogP contribution is 2.15. The number of anilines is 1. The molecule has 2 rings (SSSR count). The smallest absolute Gasteiger partial charge is 0.236 e. The van der Waals surface area contributed by atoms with Gasteiger partial charge in [0.15, 0.2) is 0 Å². The van der Waals surface area contributed by atoms with Crippen LogP contribution in [0.4, 0.5) is 5.69 Å². The van der Waals surface area contributed by atoms with Gasteiger partial charge in [-0.25, -0.2) is 0 Å². The molecule has 5 heteroatoms. The zero-order valence-electron chi connectivity index (χ0n) is 13.8. The summed E-state index contributed by atoms with van der Waals surface area (Å²) in [4.78, 5) is 18.6. The van der Waals surface area contributed by atoms with Crippen molar-refractivity contribution in [2.45, 2.75) is 6.42 Å². The van der Waals surface area contributed by atoms with Crippen LogP contribution in [-0.2, 0) is 4.79 Å². The highest BCUT2D eigenvalue weighted by Gasteiger charge is 2.20. The molecule has 0 bridgehead atoms. The Labute approximate surface area is 133 Å². The molecule has 122 valence electrons. The first kappa shape index (κ1) is 16.8. The largest absolute Gasteiger partial charge is 0.368 e. The number of nitrogens with one attached hydrogen (secondary N) is 1. The fourth-order valence-corrected chi connectivity index (χ4v) is 2.68. The normalized spacial score (nSPS) is 15.4. The Kier molecular flexibility index (Phi) is 6.68. The van der Waals surface area contributed by atoms with E-state index in [1.165, 1.54) is 5.69 Å². The summed E-state index contributed by atoms with van der Waals surface area (Å²) in [6, 6.07) is 10.4. The van der Waals surface area contributed by atoms with Crippen molar-refractivity contribution in [3.8, 4) is 0 Å². The predicted octanol–water partition coefficient (Wildman–Crippen LogP) is 0.877. The van der Waals surface area contributed by atoms with Crippen molar-refractivity contribution in [1.29, 1.82) is 0 Å². The van der Waals surface area contributed by atoms with Crippen LogP contribution in [-0.4, -0.2) is 75.6 Å². The molecule has 0 radical (unpaired) electrons. The molecular formula is C17H28N4O. The van der Waals surface area contributed by atoms with Gasteiger partial charge in [0.05, 0.1) is 6.54 Å². The van der Waals surface area contributed by atoms with Crippen LogP contribution >= 0.6 is 0 Å². The highest BCUT2D eigenvalue weighted by atomic mass is 16.2. The Hall–Kier alpha value is -1.59. The van der Waals surface area contributed by atoms with Crippen molar-refractivity contribution in [3.05, 3.63) is 30.3 Å². The zero-order chi connectivity index (χ0) is 15.8. The molecule has 1 saturated heterocycles. The second-order valence-electron chi connectivity index (χ2n) is 6.04. The van der Waals surface area contributed by atoms with Gasteiger partial charge in [-0.05, 0) is 45.7 Å². The fraction of sp³-hybridized carbons (Fsp3) is 0.588. The topological polar surface area (TPSA) is 38.8 Å². The SMILES string of the molecule is CN(C)CCCNCC(=O)N1CCN(c2ccccc2)CC1. The first-order chi connectivity index (χ1) is 10.7. The predicted molar refractivity (Wildman–Crippen MR) is 91.3 cm³/mol. The van der Waals surface area contributed by atoms with Gasteiger partial charge in [0.1, 0.15) is 0 Å². The maximum atomic E-state index is 12.2. The minimum Gasteiger partial charge on any atom is -0.368 e. The summed E-state index contributed by atoms with van der Waals surface area (Å²) >= 11 is 0. The number of amides is 1. The van der Waals surface area contributed by atoms with Gasteiger partial charge in [0.25, 0.3) is 0 Å². The van der Waals surface area contributed by atoms with E-state index < -0.39 is 0 Å². The number of para-hydroxylation sites is 1. The lowest BCUT2D eigenvalue weighted by molar-refractivity contribution is -0.130. The minimum absolute atomic E-state index is 0.220. The minimum atomic E-state index is 0.220. The van der Waals surface area contributed by atoms with Crippen LogP contribution in [0.15, 0.2) is 30.3 Å². The molecule has 0 unspecified atom stereocenters. The van der Waals surface area contributed by atoms with E-state index in [0.29, 0.717) is 6.54 Å². The summed E-state index contributed by atoms with van der Waals surface area (Å²) in [5.41, 5.74) is 1.25. The number of carbonyl (C=O) groups is 1. The summed E-state index contributed by atoms with van der Waals surface area (Å²) in [7, 11) is 4.13. The van der Waals surface area contributed by atoms with Crippen LogP contribution in [0.3, 0.4) is 0 Å². The second-order valence-corrected chi connectivity index (χ2v) is 6.04. The lowest BCUT2D eigenvalue weighted by Crippen LogP contribution is -2.51. The van der Waals surface area contributed by atoms with Gasteiger partial charge < -0.3 is 20.0 Å². The first-order valence-corrected chi connectivity index (χ1v) is 8.10. The van der Waals surface area contributed by atoms with E-state index in [1.54, 1.807) is 0 Å². The first-order valence-electron chi connectivity index (χ1n) is 8.10. The quantitative estimate of drug-likeness (QED) is 0.759. The molecule has 0 aliphatic carbocycles. The molecule has 0 atom stereocenters. The van der Waals surface area contributed by atoms with Gasteiger partial charge in [-0.2, -0.15) is 0 Å². The van der Waals surface area contributed by atoms with Gasteiger partial charge in [-0.15, -0.1) is 0 Å². The molecule has 1 aromatic carbocycles. The average molecular weight is 304 g/mol. The molecule has 1 amide bonds. The van der Waals surface area contributed by atoms with Gasteiger partial charge in [0, 0.05) is 31.9 Å². The molecule has 0 aromatic heterocycles. The van der Waals surface area contributed by atoms with Crippen LogP contribution in [0, 0.1) is 0 Å². The number of hydrogen-bond donors (Lipinski definition) is 1. The fourth-order valence-electron chi connectivity index (χ4n) is 2.68. The van der Waals surface area contributed by atoms with Crippen molar-refractivity contribution in [2.24, 2.45) is 0 Å². The summed E-state index contributed by atoms with van der Waals surface area (Å²) in [5, 5.41) is 3.25. The molecular weight excluding hydrogens is 276 g/mol. The number of rotatable bonds is 7. The average Bonchev–Trinajstić information content (AvgIpc) is 2.55. The Bertz CT molecular complexity index is 441. The second kappa shape index (κ2) is 8.76. The van der Waals surface area contributed by atoms with Gasteiger partial charge >= 0.3 is 0 Å². The maximum absolute atomic E-state index is 12.2. The van der Waals surface area contributed by atoms with Crippen LogP contribution in [0.1, 0.15) is 6.42 Å². The van der Waals surface area contributed by atoms with Crippen LogP contribution < -0.4 is 10.2 Å². The van der Waals surface area contributed by atoms with E-state index >= 15 is 0 Å². The van der Waals surface area contributed by atoms with E-state index in [2.05, 4.69) is 53.5 Å². The van der Waals surface area contributed by atoms with E-state index in [9.17, 15) is 4.79 Å². The lowest BCUT2D eigenvalue weighted by Gasteiger charge is -2.36. The molecule has 1 heterocycles. The van der Waals surface area contributed by atoms with E-state index in [4.69, 9.17) is 0 Å². The molecule has 1 aliphatic rings. The van der Waals surface area contributed by atoms with E-state index in [1.807, 2.05) is 11.0 Å². The third-order valence-electron chi connectivity index (χ3n) is 3.99. The maximum Gasteiger partial charge on any atom is 0.236 e. The van der Waals surface area contributed by atoms with Crippen molar-refractivity contribution >= 4 is 11.6 Å². The van der Waals surface area contributed by atoms with Gasteiger partial charge in [0.2, 0.25) is 5.91 Å². The lowest BCUT2D eigenvalue weighted by atomic mass is 10.2.